The molecule has 0 spiro atoms. The standard InChI is InChI=1S/C11H23N3O2/c1-8(2)14-11(12)13-6-9-4-5-16-7-10(9)15-3/h8-10H,4-7H2,1-3H3,(H3,12,13,14). The van der Waals surface area contributed by atoms with E-state index >= 15 is 0 Å². The molecule has 5 heteroatoms. The highest BCUT2D eigenvalue weighted by Crippen LogP contribution is 2.18. The van der Waals surface area contributed by atoms with Crippen LogP contribution in [0.25, 0.3) is 0 Å². The van der Waals surface area contributed by atoms with E-state index in [1.807, 2.05) is 13.8 Å². The molecule has 0 bridgehead atoms. The van der Waals surface area contributed by atoms with E-state index < -0.39 is 0 Å². The minimum atomic E-state index is 0.143. The highest BCUT2D eigenvalue weighted by Gasteiger charge is 2.25. The number of hydrogen-bond donors (Lipinski definition) is 2. The Balaban J connectivity index is 2.39. The first kappa shape index (κ1) is 13.3. The molecule has 2 atom stereocenters. The lowest BCUT2D eigenvalue weighted by atomic mass is 9.97. The topological polar surface area (TPSA) is 68.9 Å². The lowest BCUT2D eigenvalue weighted by Gasteiger charge is -2.29. The van der Waals surface area contributed by atoms with Gasteiger partial charge in [-0.3, -0.25) is 4.99 Å². The van der Waals surface area contributed by atoms with Crippen molar-refractivity contribution in [2.45, 2.75) is 32.4 Å². The molecule has 0 aromatic carbocycles. The Hall–Kier alpha value is -0.810. The SMILES string of the molecule is COC1COCCC1CN=C(N)NC(C)C. The van der Waals surface area contributed by atoms with Crippen molar-refractivity contribution in [3.8, 4) is 0 Å². The zero-order valence-electron chi connectivity index (χ0n) is 10.4. The number of methoxy groups -OCH3 is 1. The second-order valence-electron chi connectivity index (χ2n) is 4.42. The molecule has 1 saturated heterocycles. The Bertz CT molecular complexity index is 231. The fourth-order valence-corrected chi connectivity index (χ4v) is 1.78. The predicted octanol–water partition coefficient (Wildman–Crippen LogP) is 0.351. The fraction of sp³-hybridized carbons (Fsp3) is 0.909. The number of aliphatic imine (C=N–C) groups is 1. The van der Waals surface area contributed by atoms with E-state index in [-0.39, 0.29) is 6.10 Å². The molecule has 94 valence electrons. The molecule has 0 radical (unpaired) electrons. The summed E-state index contributed by atoms with van der Waals surface area (Å²) in [6.07, 6.45) is 1.13. The summed E-state index contributed by atoms with van der Waals surface area (Å²) in [5.41, 5.74) is 5.75. The van der Waals surface area contributed by atoms with Crippen LogP contribution in [-0.4, -0.2) is 45.0 Å². The van der Waals surface area contributed by atoms with Gasteiger partial charge in [-0.1, -0.05) is 0 Å². The van der Waals surface area contributed by atoms with Crippen LogP contribution in [-0.2, 0) is 9.47 Å². The summed E-state index contributed by atoms with van der Waals surface area (Å²) in [7, 11) is 1.71. The highest BCUT2D eigenvalue weighted by atomic mass is 16.5. The molecule has 3 N–H and O–H groups in total. The second kappa shape index (κ2) is 6.70. The zero-order valence-corrected chi connectivity index (χ0v) is 10.4. The van der Waals surface area contributed by atoms with Gasteiger partial charge < -0.3 is 20.5 Å². The Labute approximate surface area is 97.4 Å². The number of nitrogens with zero attached hydrogens (tertiary/aromatic N) is 1. The van der Waals surface area contributed by atoms with Crippen LogP contribution in [0.2, 0.25) is 0 Å². The quantitative estimate of drug-likeness (QED) is 0.539. The number of nitrogens with two attached hydrogens (primary N) is 1. The van der Waals surface area contributed by atoms with Gasteiger partial charge in [0.05, 0.1) is 12.7 Å². The Morgan fingerprint density at radius 2 is 2.38 bits per heavy atom. The van der Waals surface area contributed by atoms with Crippen molar-refractivity contribution in [1.82, 2.24) is 5.32 Å². The monoisotopic (exact) mass is 229 g/mol. The Morgan fingerprint density at radius 1 is 1.62 bits per heavy atom. The molecule has 0 amide bonds. The van der Waals surface area contributed by atoms with Gasteiger partial charge in [0.15, 0.2) is 5.96 Å². The van der Waals surface area contributed by atoms with Crippen LogP contribution in [0.5, 0.6) is 0 Å². The van der Waals surface area contributed by atoms with Gasteiger partial charge in [0.25, 0.3) is 0 Å². The summed E-state index contributed by atoms with van der Waals surface area (Å²) < 4.78 is 10.7. The maximum absolute atomic E-state index is 5.75. The summed E-state index contributed by atoms with van der Waals surface area (Å²) in [5.74, 6) is 0.919. The molecule has 0 aliphatic carbocycles. The van der Waals surface area contributed by atoms with Gasteiger partial charge in [0.2, 0.25) is 0 Å². The molecule has 0 aromatic rings. The van der Waals surface area contributed by atoms with Crippen molar-refractivity contribution < 1.29 is 9.47 Å². The molecule has 0 aromatic heterocycles. The molecular weight excluding hydrogens is 206 g/mol. The summed E-state index contributed by atoms with van der Waals surface area (Å²) in [4.78, 5) is 4.33. The van der Waals surface area contributed by atoms with Crippen LogP contribution in [0.1, 0.15) is 20.3 Å². The minimum Gasteiger partial charge on any atom is -0.379 e. The van der Waals surface area contributed by atoms with Crippen LogP contribution in [0, 0.1) is 5.92 Å². The molecule has 0 saturated carbocycles. The van der Waals surface area contributed by atoms with Gasteiger partial charge in [-0.25, -0.2) is 0 Å². The van der Waals surface area contributed by atoms with Crippen molar-refractivity contribution in [3.05, 3.63) is 0 Å². The van der Waals surface area contributed by atoms with E-state index in [0.29, 0.717) is 31.1 Å². The molecular formula is C11H23N3O2. The third kappa shape index (κ3) is 4.37. The molecule has 1 fully saturated rings. The lowest BCUT2D eigenvalue weighted by molar-refractivity contribution is -0.0624. The summed E-state index contributed by atoms with van der Waals surface area (Å²) in [5, 5.41) is 3.07. The van der Waals surface area contributed by atoms with Crippen LogP contribution < -0.4 is 11.1 Å². The first-order chi connectivity index (χ1) is 7.63. The molecule has 1 aliphatic heterocycles. The average molecular weight is 229 g/mol. The van der Waals surface area contributed by atoms with E-state index in [2.05, 4.69) is 10.3 Å². The molecule has 1 rings (SSSR count). The molecule has 16 heavy (non-hydrogen) atoms. The van der Waals surface area contributed by atoms with Crippen LogP contribution >= 0.6 is 0 Å². The van der Waals surface area contributed by atoms with Crippen molar-refractivity contribution >= 4 is 5.96 Å². The van der Waals surface area contributed by atoms with E-state index in [4.69, 9.17) is 15.2 Å². The summed E-state index contributed by atoms with van der Waals surface area (Å²) in [6.45, 7) is 6.22. The van der Waals surface area contributed by atoms with Crippen LogP contribution in [0.3, 0.4) is 0 Å². The number of nitrogens with one attached hydrogen (secondary N) is 1. The fourth-order valence-electron chi connectivity index (χ4n) is 1.78. The van der Waals surface area contributed by atoms with Crippen molar-refractivity contribution in [2.24, 2.45) is 16.6 Å². The van der Waals surface area contributed by atoms with Gasteiger partial charge >= 0.3 is 0 Å². The third-order valence-corrected chi connectivity index (χ3v) is 2.68. The smallest absolute Gasteiger partial charge is 0.188 e. The number of guanidine groups is 1. The van der Waals surface area contributed by atoms with E-state index in [9.17, 15) is 0 Å². The largest absolute Gasteiger partial charge is 0.379 e. The van der Waals surface area contributed by atoms with Crippen molar-refractivity contribution in [3.63, 3.8) is 0 Å². The molecule has 1 heterocycles. The average Bonchev–Trinajstić information content (AvgIpc) is 2.26. The number of ether oxygens (including phenoxy) is 2. The number of rotatable bonds is 4. The Morgan fingerprint density at radius 3 is 3.00 bits per heavy atom. The summed E-state index contributed by atoms with van der Waals surface area (Å²) >= 11 is 0. The van der Waals surface area contributed by atoms with Crippen LogP contribution in [0.4, 0.5) is 0 Å². The van der Waals surface area contributed by atoms with Crippen LogP contribution in [0.15, 0.2) is 4.99 Å². The molecule has 5 nitrogen and oxygen atoms in total. The molecule has 2 unspecified atom stereocenters. The lowest BCUT2D eigenvalue weighted by Crippen LogP contribution is -2.39. The van der Waals surface area contributed by atoms with Gasteiger partial charge in [0.1, 0.15) is 0 Å². The normalized spacial score (nSPS) is 27.1. The van der Waals surface area contributed by atoms with Gasteiger partial charge in [-0.2, -0.15) is 0 Å². The first-order valence-electron chi connectivity index (χ1n) is 5.80. The van der Waals surface area contributed by atoms with Gasteiger partial charge in [-0.05, 0) is 20.3 Å². The maximum atomic E-state index is 5.75. The maximum Gasteiger partial charge on any atom is 0.188 e. The van der Waals surface area contributed by atoms with E-state index in [1.54, 1.807) is 7.11 Å². The second-order valence-corrected chi connectivity index (χ2v) is 4.42. The minimum absolute atomic E-state index is 0.143. The zero-order chi connectivity index (χ0) is 12.0. The highest BCUT2D eigenvalue weighted by molar-refractivity contribution is 5.78. The van der Waals surface area contributed by atoms with E-state index in [0.717, 1.165) is 13.0 Å². The van der Waals surface area contributed by atoms with E-state index in [1.165, 1.54) is 0 Å². The predicted molar refractivity (Wildman–Crippen MR) is 64.5 cm³/mol. The Kier molecular flexibility index (Phi) is 5.55. The van der Waals surface area contributed by atoms with Crippen molar-refractivity contribution in [1.29, 1.82) is 0 Å². The summed E-state index contributed by atoms with van der Waals surface area (Å²) in [6, 6.07) is 0.316. The van der Waals surface area contributed by atoms with Crippen molar-refractivity contribution in [2.75, 3.05) is 26.9 Å². The first-order valence-corrected chi connectivity index (χ1v) is 5.80. The van der Waals surface area contributed by atoms with Gasteiger partial charge in [-0.15, -0.1) is 0 Å². The number of hydrogen-bond acceptors (Lipinski definition) is 3. The third-order valence-electron chi connectivity index (χ3n) is 2.68. The van der Waals surface area contributed by atoms with Gasteiger partial charge in [0, 0.05) is 32.2 Å². The molecule has 1 aliphatic rings.